The number of hydrogen-bond donors (Lipinski definition) is 1. The first-order chi connectivity index (χ1) is 11.6. The van der Waals surface area contributed by atoms with E-state index >= 15 is 0 Å². The van der Waals surface area contributed by atoms with E-state index in [1.807, 2.05) is 38.1 Å². The molecular formula is C18H20N2O4. The van der Waals surface area contributed by atoms with Crippen molar-refractivity contribution in [2.75, 3.05) is 6.61 Å². The molecule has 6 heteroatoms. The van der Waals surface area contributed by atoms with Crippen LogP contribution in [0.15, 0.2) is 47.8 Å². The molecule has 1 aromatic heterocycles. The first kappa shape index (κ1) is 17.5. The number of rotatable bonds is 8. The van der Waals surface area contributed by atoms with Gasteiger partial charge in [0.1, 0.15) is 6.61 Å². The van der Waals surface area contributed by atoms with Crippen LogP contribution < -0.4 is 4.74 Å². The molecule has 1 heterocycles. The van der Waals surface area contributed by atoms with Crippen molar-refractivity contribution < 1.29 is 19.5 Å². The highest BCUT2D eigenvalue weighted by molar-refractivity contribution is 5.99. The number of carboxylic acids is 1. The standard InChI is InChI=1S/C18H20N2O4/c1-3-16(20-24-11-14-6-4-13(2)5-7-14)15-8-9-17(19-10-15)23-12-18(21)22/h4-10H,3,11-12H2,1-2H3,(H,21,22). The summed E-state index contributed by atoms with van der Waals surface area (Å²) < 4.78 is 5.00. The number of hydrogen-bond acceptors (Lipinski definition) is 5. The van der Waals surface area contributed by atoms with Gasteiger partial charge in [0.15, 0.2) is 6.61 Å². The van der Waals surface area contributed by atoms with E-state index in [0.29, 0.717) is 13.0 Å². The molecule has 0 bridgehead atoms. The first-order valence-electron chi connectivity index (χ1n) is 7.64. The van der Waals surface area contributed by atoms with Gasteiger partial charge in [-0.3, -0.25) is 0 Å². The minimum absolute atomic E-state index is 0.261. The van der Waals surface area contributed by atoms with Gasteiger partial charge in [0, 0.05) is 17.8 Å². The fourth-order valence-electron chi connectivity index (χ4n) is 1.96. The molecule has 6 nitrogen and oxygen atoms in total. The Bertz CT molecular complexity index is 694. The summed E-state index contributed by atoms with van der Waals surface area (Å²) in [6.45, 7) is 4.00. The van der Waals surface area contributed by atoms with Crippen molar-refractivity contribution in [3.8, 4) is 5.88 Å². The van der Waals surface area contributed by atoms with Crippen LogP contribution in [0, 0.1) is 6.92 Å². The summed E-state index contributed by atoms with van der Waals surface area (Å²) >= 11 is 0. The average molecular weight is 328 g/mol. The first-order valence-corrected chi connectivity index (χ1v) is 7.64. The zero-order valence-electron chi connectivity index (χ0n) is 13.7. The second kappa shape index (κ2) is 8.67. The third kappa shape index (κ3) is 5.39. The molecule has 1 aromatic carbocycles. The van der Waals surface area contributed by atoms with Gasteiger partial charge in [0.2, 0.25) is 5.88 Å². The van der Waals surface area contributed by atoms with Crippen LogP contribution >= 0.6 is 0 Å². The van der Waals surface area contributed by atoms with E-state index in [1.165, 1.54) is 5.56 Å². The van der Waals surface area contributed by atoms with Crippen LogP contribution in [0.2, 0.25) is 0 Å². The highest BCUT2D eigenvalue weighted by Gasteiger charge is 2.05. The van der Waals surface area contributed by atoms with Crippen LogP contribution in [0.5, 0.6) is 5.88 Å². The lowest BCUT2D eigenvalue weighted by Crippen LogP contribution is -2.10. The van der Waals surface area contributed by atoms with Crippen molar-refractivity contribution in [2.45, 2.75) is 26.9 Å². The molecule has 2 rings (SSSR count). The quantitative estimate of drug-likeness (QED) is 0.594. The van der Waals surface area contributed by atoms with Crippen LogP contribution in [0.1, 0.15) is 30.0 Å². The lowest BCUT2D eigenvalue weighted by molar-refractivity contribution is -0.139. The van der Waals surface area contributed by atoms with Gasteiger partial charge in [-0.15, -0.1) is 0 Å². The number of aromatic nitrogens is 1. The minimum atomic E-state index is -1.04. The molecule has 0 aliphatic heterocycles. The van der Waals surface area contributed by atoms with Gasteiger partial charge in [-0.2, -0.15) is 0 Å². The summed E-state index contributed by atoms with van der Waals surface area (Å²) in [5, 5.41) is 12.7. The molecule has 126 valence electrons. The Hall–Kier alpha value is -2.89. The maximum atomic E-state index is 10.5. The third-order valence-electron chi connectivity index (χ3n) is 3.27. The van der Waals surface area contributed by atoms with Crippen LogP contribution in [0.4, 0.5) is 0 Å². The summed E-state index contributed by atoms with van der Waals surface area (Å²) in [7, 11) is 0. The summed E-state index contributed by atoms with van der Waals surface area (Å²) in [6.07, 6.45) is 2.28. The van der Waals surface area contributed by atoms with Crippen LogP contribution in [0.3, 0.4) is 0 Å². The molecule has 0 radical (unpaired) electrons. The van der Waals surface area contributed by atoms with Gasteiger partial charge in [0.05, 0.1) is 5.71 Å². The van der Waals surface area contributed by atoms with Crippen molar-refractivity contribution in [1.29, 1.82) is 0 Å². The van der Waals surface area contributed by atoms with E-state index in [9.17, 15) is 4.79 Å². The Kier molecular flexibility index (Phi) is 6.31. The summed E-state index contributed by atoms with van der Waals surface area (Å²) in [4.78, 5) is 20.0. The Morgan fingerprint density at radius 2 is 1.96 bits per heavy atom. The molecule has 0 spiro atoms. The largest absolute Gasteiger partial charge is 0.479 e. The number of carboxylic acid groups (broad SMARTS) is 1. The van der Waals surface area contributed by atoms with Crippen molar-refractivity contribution >= 4 is 11.7 Å². The number of nitrogens with zero attached hydrogens (tertiary/aromatic N) is 2. The van der Waals surface area contributed by atoms with Gasteiger partial charge in [0.25, 0.3) is 0 Å². The highest BCUT2D eigenvalue weighted by atomic mass is 16.6. The smallest absolute Gasteiger partial charge is 0.341 e. The fourth-order valence-corrected chi connectivity index (χ4v) is 1.96. The van der Waals surface area contributed by atoms with Crippen molar-refractivity contribution in [1.82, 2.24) is 4.98 Å². The molecule has 0 saturated heterocycles. The highest BCUT2D eigenvalue weighted by Crippen LogP contribution is 2.11. The molecule has 0 atom stereocenters. The molecule has 0 amide bonds. The number of ether oxygens (including phenoxy) is 1. The average Bonchev–Trinajstić information content (AvgIpc) is 2.59. The number of aliphatic carboxylic acids is 1. The summed E-state index contributed by atoms with van der Waals surface area (Å²) in [6, 6.07) is 11.5. The number of oxime groups is 1. The zero-order valence-corrected chi connectivity index (χ0v) is 13.7. The zero-order chi connectivity index (χ0) is 17.4. The molecule has 0 fully saturated rings. The Balaban J connectivity index is 1.96. The number of pyridine rings is 1. The SMILES string of the molecule is CCC(=NOCc1ccc(C)cc1)c1ccc(OCC(=O)O)nc1. The van der Waals surface area contributed by atoms with Crippen LogP contribution in [-0.2, 0) is 16.2 Å². The topological polar surface area (TPSA) is 81.0 Å². The van der Waals surface area contributed by atoms with Gasteiger partial charge in [-0.05, 0) is 25.0 Å². The van der Waals surface area contributed by atoms with Gasteiger partial charge >= 0.3 is 5.97 Å². The maximum absolute atomic E-state index is 10.5. The number of benzene rings is 1. The Morgan fingerprint density at radius 1 is 1.21 bits per heavy atom. The van der Waals surface area contributed by atoms with Crippen LogP contribution in [0.25, 0.3) is 0 Å². The number of carbonyl (C=O) groups is 1. The van der Waals surface area contributed by atoms with E-state index < -0.39 is 12.6 Å². The van der Waals surface area contributed by atoms with E-state index in [1.54, 1.807) is 18.3 Å². The fraction of sp³-hybridized carbons (Fsp3) is 0.278. The molecule has 0 aliphatic rings. The van der Waals surface area contributed by atoms with Crippen molar-refractivity contribution in [2.24, 2.45) is 5.16 Å². The van der Waals surface area contributed by atoms with E-state index in [-0.39, 0.29) is 5.88 Å². The normalized spacial score (nSPS) is 11.2. The maximum Gasteiger partial charge on any atom is 0.341 e. The molecule has 0 saturated carbocycles. The van der Waals surface area contributed by atoms with E-state index in [0.717, 1.165) is 16.8 Å². The second-order valence-corrected chi connectivity index (χ2v) is 5.22. The lowest BCUT2D eigenvalue weighted by atomic mass is 10.1. The lowest BCUT2D eigenvalue weighted by Gasteiger charge is -2.06. The van der Waals surface area contributed by atoms with Crippen molar-refractivity contribution in [3.63, 3.8) is 0 Å². The third-order valence-corrected chi connectivity index (χ3v) is 3.27. The second-order valence-electron chi connectivity index (χ2n) is 5.22. The van der Waals surface area contributed by atoms with E-state index in [2.05, 4.69) is 10.1 Å². The predicted molar refractivity (Wildman–Crippen MR) is 90.2 cm³/mol. The van der Waals surface area contributed by atoms with Crippen LogP contribution in [-0.4, -0.2) is 28.4 Å². The molecule has 24 heavy (non-hydrogen) atoms. The van der Waals surface area contributed by atoms with Crippen molar-refractivity contribution in [3.05, 3.63) is 59.3 Å². The molecule has 0 aliphatic carbocycles. The monoisotopic (exact) mass is 328 g/mol. The Labute approximate surface area is 140 Å². The molecule has 2 aromatic rings. The van der Waals surface area contributed by atoms with E-state index in [4.69, 9.17) is 14.7 Å². The summed E-state index contributed by atoms with van der Waals surface area (Å²) in [5.41, 5.74) is 3.83. The van der Waals surface area contributed by atoms with Gasteiger partial charge < -0.3 is 14.7 Å². The van der Waals surface area contributed by atoms with Gasteiger partial charge in [-0.25, -0.2) is 9.78 Å². The minimum Gasteiger partial charge on any atom is -0.479 e. The molecule has 0 unspecified atom stereocenters. The molecular weight excluding hydrogens is 308 g/mol. The summed E-state index contributed by atoms with van der Waals surface area (Å²) in [5.74, 6) is -0.779. The molecule has 1 N–H and O–H groups in total. The van der Waals surface area contributed by atoms with Gasteiger partial charge in [-0.1, -0.05) is 41.9 Å². The predicted octanol–water partition coefficient (Wildman–Crippen LogP) is 3.18. The number of aryl methyl sites for hydroxylation is 1. The Morgan fingerprint density at radius 3 is 2.54 bits per heavy atom.